The van der Waals surface area contributed by atoms with Gasteiger partial charge in [-0.1, -0.05) is 6.92 Å². The molecular formula is C7H13FO2. The first-order chi connectivity index (χ1) is 4.66. The Kier molecular flexibility index (Phi) is 2.26. The molecule has 60 valence electrons. The van der Waals surface area contributed by atoms with E-state index >= 15 is 0 Å². The summed E-state index contributed by atoms with van der Waals surface area (Å²) < 4.78 is 18.0. The van der Waals surface area contributed by atoms with Gasteiger partial charge in [-0.3, -0.25) is 0 Å². The molecule has 0 aromatic rings. The molecular weight excluding hydrogens is 135 g/mol. The predicted octanol–water partition coefficient (Wildman–Crippen LogP) is 0.740. The highest BCUT2D eigenvalue weighted by atomic mass is 19.1. The van der Waals surface area contributed by atoms with Gasteiger partial charge in [0, 0.05) is 5.92 Å². The minimum Gasteiger partial charge on any atom is -0.394 e. The maximum atomic E-state index is 12.9. The zero-order valence-corrected chi connectivity index (χ0v) is 6.25. The minimum absolute atomic E-state index is 0.0775. The van der Waals surface area contributed by atoms with Crippen molar-refractivity contribution in [3.05, 3.63) is 0 Å². The molecule has 1 rings (SSSR count). The Balaban J connectivity index is 2.53. The standard InChI is InChI=1S/C7H13FO2/c1-4-6(3-9)10-5(2)7(4)8/h4-7,9H,3H2,1-2H3/t4-,5?,6+,7?/m0/s1. The monoisotopic (exact) mass is 148 g/mol. The van der Waals surface area contributed by atoms with Crippen molar-refractivity contribution in [3.8, 4) is 0 Å². The molecule has 2 nitrogen and oxygen atoms in total. The van der Waals surface area contributed by atoms with Crippen LogP contribution in [-0.4, -0.2) is 30.1 Å². The van der Waals surface area contributed by atoms with Crippen molar-refractivity contribution in [3.63, 3.8) is 0 Å². The summed E-state index contributed by atoms with van der Waals surface area (Å²) in [6, 6.07) is 0. The SMILES string of the molecule is CC1O[C@H](CO)[C@H](C)C1F. The van der Waals surface area contributed by atoms with Crippen molar-refractivity contribution in [2.75, 3.05) is 6.61 Å². The van der Waals surface area contributed by atoms with Crippen LogP contribution in [0, 0.1) is 5.92 Å². The van der Waals surface area contributed by atoms with E-state index in [9.17, 15) is 4.39 Å². The number of aliphatic hydroxyl groups is 1. The van der Waals surface area contributed by atoms with Gasteiger partial charge in [0.05, 0.1) is 18.8 Å². The number of aliphatic hydroxyl groups excluding tert-OH is 1. The minimum atomic E-state index is -0.919. The molecule has 1 N–H and O–H groups in total. The number of hydrogen-bond donors (Lipinski definition) is 1. The molecule has 4 atom stereocenters. The van der Waals surface area contributed by atoms with Crippen LogP contribution in [0.25, 0.3) is 0 Å². The van der Waals surface area contributed by atoms with Crippen LogP contribution in [0.2, 0.25) is 0 Å². The summed E-state index contributed by atoms with van der Waals surface area (Å²) in [7, 11) is 0. The molecule has 0 aliphatic carbocycles. The van der Waals surface area contributed by atoms with Crippen LogP contribution in [-0.2, 0) is 4.74 Å². The third kappa shape index (κ3) is 1.16. The summed E-state index contributed by atoms with van der Waals surface area (Å²) in [5.74, 6) is -0.167. The lowest BCUT2D eigenvalue weighted by molar-refractivity contribution is 0.00461. The van der Waals surface area contributed by atoms with Crippen molar-refractivity contribution in [2.24, 2.45) is 5.92 Å². The smallest absolute Gasteiger partial charge is 0.131 e. The van der Waals surface area contributed by atoms with Crippen LogP contribution < -0.4 is 0 Å². The quantitative estimate of drug-likeness (QED) is 0.594. The molecule has 0 spiro atoms. The van der Waals surface area contributed by atoms with Gasteiger partial charge < -0.3 is 9.84 Å². The van der Waals surface area contributed by atoms with Crippen LogP contribution in [0.1, 0.15) is 13.8 Å². The van der Waals surface area contributed by atoms with Gasteiger partial charge in [0.1, 0.15) is 6.17 Å². The highest BCUT2D eigenvalue weighted by Gasteiger charge is 2.38. The molecule has 0 amide bonds. The summed E-state index contributed by atoms with van der Waals surface area (Å²) in [6.45, 7) is 3.37. The largest absolute Gasteiger partial charge is 0.394 e. The van der Waals surface area contributed by atoms with E-state index < -0.39 is 6.17 Å². The third-order valence-electron chi connectivity index (χ3n) is 2.11. The van der Waals surface area contributed by atoms with Crippen molar-refractivity contribution in [1.29, 1.82) is 0 Å². The van der Waals surface area contributed by atoms with Crippen LogP contribution in [0.15, 0.2) is 0 Å². The van der Waals surface area contributed by atoms with E-state index in [1.54, 1.807) is 13.8 Å². The molecule has 2 unspecified atom stereocenters. The molecule has 0 radical (unpaired) electrons. The number of alkyl halides is 1. The highest BCUT2D eigenvalue weighted by Crippen LogP contribution is 2.28. The molecule has 0 saturated carbocycles. The first-order valence-corrected chi connectivity index (χ1v) is 3.57. The molecule has 0 aromatic heterocycles. The van der Waals surface area contributed by atoms with Crippen LogP contribution in [0.3, 0.4) is 0 Å². The lowest BCUT2D eigenvalue weighted by Crippen LogP contribution is -2.21. The number of ether oxygens (including phenoxy) is 1. The van der Waals surface area contributed by atoms with E-state index in [0.29, 0.717) is 0 Å². The third-order valence-corrected chi connectivity index (χ3v) is 2.11. The van der Waals surface area contributed by atoms with Gasteiger partial charge in [-0.15, -0.1) is 0 Å². The van der Waals surface area contributed by atoms with E-state index in [1.807, 2.05) is 0 Å². The molecule has 0 aromatic carbocycles. The number of halogens is 1. The average Bonchev–Trinajstić information content (AvgIpc) is 2.17. The first-order valence-electron chi connectivity index (χ1n) is 3.57. The van der Waals surface area contributed by atoms with E-state index in [-0.39, 0.29) is 24.7 Å². The molecule has 1 aliphatic rings. The Morgan fingerprint density at radius 1 is 1.50 bits per heavy atom. The van der Waals surface area contributed by atoms with E-state index in [1.165, 1.54) is 0 Å². The van der Waals surface area contributed by atoms with Gasteiger partial charge in [0.25, 0.3) is 0 Å². The molecule has 0 bridgehead atoms. The number of rotatable bonds is 1. The zero-order chi connectivity index (χ0) is 7.72. The Morgan fingerprint density at radius 2 is 2.10 bits per heavy atom. The zero-order valence-electron chi connectivity index (χ0n) is 6.25. The van der Waals surface area contributed by atoms with Crippen LogP contribution in [0.5, 0.6) is 0 Å². The Hall–Kier alpha value is -0.150. The van der Waals surface area contributed by atoms with Gasteiger partial charge in [0.2, 0.25) is 0 Å². The van der Waals surface area contributed by atoms with E-state index in [2.05, 4.69) is 0 Å². The fourth-order valence-electron chi connectivity index (χ4n) is 1.32. The molecule has 10 heavy (non-hydrogen) atoms. The Labute approximate surface area is 60.0 Å². The van der Waals surface area contributed by atoms with E-state index in [0.717, 1.165) is 0 Å². The van der Waals surface area contributed by atoms with Crippen molar-refractivity contribution >= 4 is 0 Å². The van der Waals surface area contributed by atoms with Crippen molar-refractivity contribution in [1.82, 2.24) is 0 Å². The number of hydrogen-bond acceptors (Lipinski definition) is 2. The van der Waals surface area contributed by atoms with Crippen LogP contribution >= 0.6 is 0 Å². The molecule has 1 fully saturated rings. The predicted molar refractivity (Wildman–Crippen MR) is 35.5 cm³/mol. The Bertz CT molecular complexity index is 118. The second-order valence-electron chi connectivity index (χ2n) is 2.87. The summed E-state index contributed by atoms with van der Waals surface area (Å²) >= 11 is 0. The average molecular weight is 148 g/mol. The lowest BCUT2D eigenvalue weighted by Gasteiger charge is -2.09. The summed E-state index contributed by atoms with van der Waals surface area (Å²) in [5.41, 5.74) is 0. The normalized spacial score (nSPS) is 48.0. The fraction of sp³-hybridized carbons (Fsp3) is 1.00. The molecule has 3 heteroatoms. The molecule has 1 aliphatic heterocycles. The summed E-state index contributed by atoms with van der Waals surface area (Å²) in [6.07, 6.45) is -1.57. The van der Waals surface area contributed by atoms with Crippen LogP contribution in [0.4, 0.5) is 4.39 Å². The maximum Gasteiger partial charge on any atom is 0.131 e. The van der Waals surface area contributed by atoms with Crippen molar-refractivity contribution in [2.45, 2.75) is 32.2 Å². The van der Waals surface area contributed by atoms with Gasteiger partial charge in [-0.05, 0) is 6.92 Å². The topological polar surface area (TPSA) is 29.5 Å². The molecule has 1 heterocycles. The summed E-state index contributed by atoms with van der Waals surface area (Å²) in [5, 5.41) is 8.68. The van der Waals surface area contributed by atoms with Gasteiger partial charge in [0.15, 0.2) is 0 Å². The van der Waals surface area contributed by atoms with Crippen molar-refractivity contribution < 1.29 is 14.2 Å². The lowest BCUT2D eigenvalue weighted by atomic mass is 10.0. The summed E-state index contributed by atoms with van der Waals surface area (Å²) in [4.78, 5) is 0. The maximum absolute atomic E-state index is 12.9. The van der Waals surface area contributed by atoms with Gasteiger partial charge >= 0.3 is 0 Å². The van der Waals surface area contributed by atoms with E-state index in [4.69, 9.17) is 9.84 Å². The molecule has 1 saturated heterocycles. The highest BCUT2D eigenvalue weighted by molar-refractivity contribution is 4.85. The first kappa shape index (κ1) is 7.95. The van der Waals surface area contributed by atoms with Gasteiger partial charge in [-0.2, -0.15) is 0 Å². The fourth-order valence-corrected chi connectivity index (χ4v) is 1.32. The second kappa shape index (κ2) is 2.84. The Morgan fingerprint density at radius 3 is 2.30 bits per heavy atom. The second-order valence-corrected chi connectivity index (χ2v) is 2.87. The van der Waals surface area contributed by atoms with Gasteiger partial charge in [-0.25, -0.2) is 4.39 Å².